The van der Waals surface area contributed by atoms with Gasteiger partial charge >= 0.3 is 6.09 Å². The second kappa shape index (κ2) is 9.40. The van der Waals surface area contributed by atoms with E-state index >= 15 is 0 Å². The highest BCUT2D eigenvalue weighted by molar-refractivity contribution is 5.97. The molecule has 2 saturated heterocycles. The molecule has 11 nitrogen and oxygen atoms in total. The van der Waals surface area contributed by atoms with Crippen molar-refractivity contribution in [2.24, 2.45) is 5.92 Å². The molecule has 0 saturated carbocycles. The highest BCUT2D eigenvalue weighted by Gasteiger charge is 2.40. The molecule has 0 aliphatic carbocycles. The van der Waals surface area contributed by atoms with Gasteiger partial charge in [-0.3, -0.25) is 24.0 Å². The first-order valence-electron chi connectivity index (χ1n) is 12.3. The summed E-state index contributed by atoms with van der Waals surface area (Å²) in [5.41, 5.74) is 1.69. The van der Waals surface area contributed by atoms with E-state index in [1.165, 1.54) is 0 Å². The number of anilines is 2. The maximum absolute atomic E-state index is 12.9. The van der Waals surface area contributed by atoms with Crippen LogP contribution in [0.4, 0.5) is 16.2 Å². The summed E-state index contributed by atoms with van der Waals surface area (Å²) < 4.78 is 18.2. The highest BCUT2D eigenvalue weighted by Crippen LogP contribution is 2.35. The van der Waals surface area contributed by atoms with E-state index in [2.05, 4.69) is 15.2 Å². The Hall–Kier alpha value is -4.12. The van der Waals surface area contributed by atoms with Gasteiger partial charge in [-0.25, -0.2) is 4.79 Å². The Morgan fingerprint density at radius 2 is 1.95 bits per heavy atom. The van der Waals surface area contributed by atoms with Gasteiger partial charge in [-0.15, -0.1) is 0 Å². The lowest BCUT2D eigenvalue weighted by Crippen LogP contribution is -2.56. The first-order valence-corrected chi connectivity index (χ1v) is 12.3. The van der Waals surface area contributed by atoms with Crippen molar-refractivity contribution in [2.45, 2.75) is 19.1 Å². The Balaban J connectivity index is 1.12. The van der Waals surface area contributed by atoms with E-state index in [9.17, 15) is 14.4 Å². The number of pyridine rings is 2. The molecule has 1 aromatic carbocycles. The summed E-state index contributed by atoms with van der Waals surface area (Å²) >= 11 is 0. The van der Waals surface area contributed by atoms with Gasteiger partial charge in [-0.05, 0) is 43.3 Å². The van der Waals surface area contributed by atoms with Gasteiger partial charge in [-0.2, -0.15) is 4.98 Å². The van der Waals surface area contributed by atoms with E-state index in [4.69, 9.17) is 14.2 Å². The van der Waals surface area contributed by atoms with E-state index in [0.29, 0.717) is 54.8 Å². The van der Waals surface area contributed by atoms with Gasteiger partial charge < -0.3 is 19.5 Å². The summed E-state index contributed by atoms with van der Waals surface area (Å²) in [5.74, 6) is 1.00. The van der Waals surface area contributed by atoms with Gasteiger partial charge in [0.1, 0.15) is 17.5 Å². The minimum Gasteiger partial charge on any atom is -0.482 e. The van der Waals surface area contributed by atoms with Crippen molar-refractivity contribution in [3.63, 3.8) is 0 Å². The predicted octanol–water partition coefficient (Wildman–Crippen LogP) is 2.08. The second-order valence-corrected chi connectivity index (χ2v) is 9.49. The molecule has 0 spiro atoms. The zero-order chi connectivity index (χ0) is 25.5. The number of nitrogens with one attached hydrogen (secondary N) is 1. The van der Waals surface area contributed by atoms with Crippen LogP contribution >= 0.6 is 0 Å². The normalized spacial score (nSPS) is 21.5. The maximum Gasteiger partial charge on any atom is 0.414 e. The van der Waals surface area contributed by atoms with Gasteiger partial charge in [0.15, 0.2) is 6.61 Å². The van der Waals surface area contributed by atoms with Crippen LogP contribution in [0.1, 0.15) is 6.42 Å². The van der Waals surface area contributed by atoms with Crippen LogP contribution in [0.3, 0.4) is 0 Å². The average molecular weight is 506 g/mol. The number of carbonyl (C=O) groups excluding carboxylic acids is 2. The molecule has 192 valence electrons. The molecule has 37 heavy (non-hydrogen) atoms. The van der Waals surface area contributed by atoms with Gasteiger partial charge in [-0.1, -0.05) is 0 Å². The number of amides is 2. The molecule has 2 aromatic heterocycles. The number of aromatic nitrogens is 2. The number of fused-ring (bicyclic) bond motifs is 3. The fourth-order valence-corrected chi connectivity index (χ4v) is 5.24. The van der Waals surface area contributed by atoms with Crippen LogP contribution in [0.5, 0.6) is 11.6 Å². The number of nitrogens with zero attached hydrogens (tertiary/aromatic N) is 4. The molecule has 11 heteroatoms. The molecule has 3 aliphatic heterocycles. The molecule has 3 aliphatic rings. The molecule has 5 heterocycles. The summed E-state index contributed by atoms with van der Waals surface area (Å²) in [6.45, 7) is 3.06. The monoisotopic (exact) mass is 505 g/mol. The smallest absolute Gasteiger partial charge is 0.414 e. The zero-order valence-corrected chi connectivity index (χ0v) is 20.4. The third kappa shape index (κ3) is 4.46. The largest absolute Gasteiger partial charge is 0.482 e. The number of hydrogen-bond donors (Lipinski definition) is 1. The van der Waals surface area contributed by atoms with Crippen LogP contribution in [-0.4, -0.2) is 72.5 Å². The zero-order valence-electron chi connectivity index (χ0n) is 20.4. The van der Waals surface area contributed by atoms with E-state index in [1.807, 2.05) is 6.07 Å². The van der Waals surface area contributed by atoms with Crippen LogP contribution in [0.2, 0.25) is 0 Å². The third-order valence-corrected chi connectivity index (χ3v) is 7.23. The van der Waals surface area contributed by atoms with Crippen molar-refractivity contribution in [1.82, 2.24) is 14.5 Å². The number of likely N-dealkylation sites (tertiary alicyclic amines) is 1. The molecule has 3 aromatic rings. The highest BCUT2D eigenvalue weighted by atomic mass is 16.6. The topological polar surface area (TPSA) is 115 Å². The lowest BCUT2D eigenvalue weighted by molar-refractivity contribution is -0.118. The maximum atomic E-state index is 12.9. The Kier molecular flexibility index (Phi) is 5.91. The Morgan fingerprint density at radius 3 is 2.81 bits per heavy atom. The molecule has 2 atom stereocenters. The minimum atomic E-state index is -0.410. The first-order chi connectivity index (χ1) is 18.0. The van der Waals surface area contributed by atoms with Gasteiger partial charge in [0.05, 0.1) is 12.8 Å². The number of carbonyl (C=O) groups is 2. The Bertz CT molecular complexity index is 1440. The quantitative estimate of drug-likeness (QED) is 0.561. The molecular weight excluding hydrogens is 478 g/mol. The third-order valence-electron chi connectivity index (χ3n) is 7.23. The number of piperidine rings is 1. The van der Waals surface area contributed by atoms with Crippen molar-refractivity contribution >= 4 is 34.4 Å². The average Bonchev–Trinajstić information content (AvgIpc) is 2.91. The number of benzene rings is 1. The van der Waals surface area contributed by atoms with Crippen molar-refractivity contribution in [2.75, 3.05) is 50.1 Å². The summed E-state index contributed by atoms with van der Waals surface area (Å²) in [6.07, 6.45) is 0.226. The summed E-state index contributed by atoms with van der Waals surface area (Å²) in [6, 6.07) is 12.3. The second-order valence-electron chi connectivity index (χ2n) is 9.49. The SMILES string of the molecule is COc1ccc2ccc(=O)n(CCN3CC[C@@H]4CN(c5ccc6c(c5)NC(=O)CO6)C(=O)O[C@H]4C3)c2n1. The van der Waals surface area contributed by atoms with Crippen molar-refractivity contribution in [3.05, 3.63) is 52.8 Å². The fourth-order valence-electron chi connectivity index (χ4n) is 5.24. The number of hydrogen-bond acceptors (Lipinski definition) is 8. The van der Waals surface area contributed by atoms with Gasteiger partial charge in [0.2, 0.25) is 5.88 Å². The first kappa shape index (κ1) is 23.3. The molecule has 0 radical (unpaired) electrons. The number of rotatable bonds is 5. The summed E-state index contributed by atoms with van der Waals surface area (Å²) in [4.78, 5) is 45.5. The number of ether oxygens (including phenoxy) is 3. The van der Waals surface area contributed by atoms with E-state index < -0.39 is 6.09 Å². The molecule has 2 fully saturated rings. The van der Waals surface area contributed by atoms with Gasteiger partial charge in [0, 0.05) is 55.3 Å². The van der Waals surface area contributed by atoms with Crippen LogP contribution in [-0.2, 0) is 16.1 Å². The lowest BCUT2D eigenvalue weighted by atomic mass is 9.91. The van der Waals surface area contributed by atoms with E-state index in [0.717, 1.165) is 18.4 Å². The Labute approximate surface area is 212 Å². The van der Waals surface area contributed by atoms with Crippen molar-refractivity contribution in [3.8, 4) is 11.6 Å². The summed E-state index contributed by atoms with van der Waals surface area (Å²) in [5, 5.41) is 3.65. The number of methoxy groups -OCH3 is 1. The van der Waals surface area contributed by atoms with Crippen LogP contribution < -0.4 is 25.2 Å². The lowest BCUT2D eigenvalue weighted by Gasteiger charge is -2.44. The molecular formula is C26H27N5O6. The van der Waals surface area contributed by atoms with Crippen LogP contribution in [0.25, 0.3) is 11.0 Å². The predicted molar refractivity (Wildman–Crippen MR) is 135 cm³/mol. The fraction of sp³-hybridized carbons (Fsp3) is 0.385. The molecule has 6 rings (SSSR count). The molecule has 0 unspecified atom stereocenters. The van der Waals surface area contributed by atoms with Gasteiger partial charge in [0.25, 0.3) is 11.5 Å². The van der Waals surface area contributed by atoms with Crippen LogP contribution in [0, 0.1) is 5.92 Å². The van der Waals surface area contributed by atoms with Crippen molar-refractivity contribution < 1.29 is 23.8 Å². The van der Waals surface area contributed by atoms with E-state index in [1.54, 1.807) is 53.0 Å². The molecule has 1 N–H and O–H groups in total. The standard InChI is InChI=1S/C26H27N5O6/c1-35-23-6-2-16-3-7-24(33)30(25(16)28-23)11-10-29-9-8-17-13-31(26(34)37-21(17)14-29)18-4-5-20-19(12-18)27-22(32)15-36-20/h2-7,12,17,21H,8-11,13-15H2,1H3,(H,27,32)/t17-,21+/m1/s1. The van der Waals surface area contributed by atoms with Crippen molar-refractivity contribution in [1.29, 1.82) is 0 Å². The molecule has 2 amide bonds. The molecule has 0 bridgehead atoms. The summed E-state index contributed by atoms with van der Waals surface area (Å²) in [7, 11) is 1.55. The minimum absolute atomic E-state index is 0.0157. The van der Waals surface area contributed by atoms with E-state index in [-0.39, 0.29) is 30.1 Å². The van der Waals surface area contributed by atoms with Crippen LogP contribution in [0.15, 0.2) is 47.3 Å². The Morgan fingerprint density at radius 1 is 1.08 bits per heavy atom.